The molecule has 242 valence electrons. The third-order valence-electron chi connectivity index (χ3n) is 10.5. The van der Waals surface area contributed by atoms with Crippen LogP contribution in [0.15, 0.2) is 182 Å². The van der Waals surface area contributed by atoms with E-state index in [-0.39, 0.29) is 0 Å². The third-order valence-corrected chi connectivity index (χ3v) is 10.5. The smallest absolute Gasteiger partial charge is 0.159 e. The Morgan fingerprint density at radius 2 is 1.00 bits per heavy atom. The van der Waals surface area contributed by atoms with E-state index in [0.717, 1.165) is 33.5 Å². The van der Waals surface area contributed by atoms with E-state index in [4.69, 9.17) is 9.97 Å². The summed E-state index contributed by atoms with van der Waals surface area (Å²) in [5, 5.41) is 7.46. The van der Waals surface area contributed by atoms with Crippen molar-refractivity contribution in [1.82, 2.24) is 18.9 Å². The number of hydrogen-bond acceptors (Lipinski definition) is 2. The predicted octanol–water partition coefficient (Wildman–Crippen LogP) is 12.3. The van der Waals surface area contributed by atoms with Crippen molar-refractivity contribution >= 4 is 59.9 Å². The highest BCUT2D eigenvalue weighted by atomic mass is 15.0. The van der Waals surface area contributed by atoms with Crippen LogP contribution >= 0.6 is 0 Å². The quantitative estimate of drug-likeness (QED) is 0.176. The van der Waals surface area contributed by atoms with Gasteiger partial charge in [0.1, 0.15) is 0 Å². The Hall–Kier alpha value is -7.04. The van der Waals surface area contributed by atoms with Crippen molar-refractivity contribution in [2.24, 2.45) is 0 Å². The number of fused-ring (bicyclic) bond motifs is 11. The molecule has 0 saturated heterocycles. The van der Waals surface area contributed by atoms with Gasteiger partial charge in [-0.15, -0.1) is 0 Å². The van der Waals surface area contributed by atoms with Crippen LogP contribution in [0.3, 0.4) is 0 Å². The summed E-state index contributed by atoms with van der Waals surface area (Å²) in [5.41, 5.74) is 12.3. The molecule has 11 rings (SSSR count). The minimum absolute atomic E-state index is 0.699. The molecule has 4 heteroatoms. The molecule has 52 heavy (non-hydrogen) atoms. The minimum Gasteiger partial charge on any atom is -0.309 e. The van der Waals surface area contributed by atoms with Crippen LogP contribution in [-0.4, -0.2) is 18.9 Å². The number of benzene rings is 7. The predicted molar refractivity (Wildman–Crippen MR) is 216 cm³/mol. The van der Waals surface area contributed by atoms with E-state index in [1.54, 1.807) is 0 Å². The summed E-state index contributed by atoms with van der Waals surface area (Å²) in [4.78, 5) is 9.82. The van der Waals surface area contributed by atoms with E-state index in [2.05, 4.69) is 173 Å². The SMILES string of the molecule is c1ccc(-c2ccc(-c3ccnc(-c4cccc(-n5c6ccccc6c6cc7c8ccccc8c8cc9ccccc9n8c7cc65)c4)n3)cc2)cc1. The molecule has 0 N–H and O–H groups in total. The second-order valence-corrected chi connectivity index (χ2v) is 13.5. The van der Waals surface area contributed by atoms with E-state index >= 15 is 0 Å². The highest BCUT2D eigenvalue weighted by molar-refractivity contribution is 6.21. The average molecular weight is 663 g/mol. The van der Waals surface area contributed by atoms with E-state index in [1.807, 2.05) is 18.3 Å². The first-order chi connectivity index (χ1) is 25.8. The van der Waals surface area contributed by atoms with Crippen molar-refractivity contribution in [3.05, 3.63) is 182 Å². The Kier molecular flexibility index (Phi) is 6.22. The first-order valence-electron chi connectivity index (χ1n) is 17.7. The fourth-order valence-electron chi connectivity index (χ4n) is 8.14. The molecule has 0 bridgehead atoms. The average Bonchev–Trinajstić information content (AvgIpc) is 3.77. The first-order valence-corrected chi connectivity index (χ1v) is 17.7. The number of rotatable bonds is 4. The van der Waals surface area contributed by atoms with E-state index < -0.39 is 0 Å². The Labute approximate surface area is 299 Å². The molecule has 0 aliphatic heterocycles. The fraction of sp³-hybridized carbons (Fsp3) is 0. The van der Waals surface area contributed by atoms with Gasteiger partial charge in [0.15, 0.2) is 5.82 Å². The molecule has 4 aromatic heterocycles. The summed E-state index contributed by atoms with van der Waals surface area (Å²) < 4.78 is 4.84. The molecule has 0 saturated carbocycles. The topological polar surface area (TPSA) is 35.1 Å². The molecule has 0 aliphatic rings. The lowest BCUT2D eigenvalue weighted by Crippen LogP contribution is -1.97. The number of para-hydroxylation sites is 2. The van der Waals surface area contributed by atoms with Gasteiger partial charge < -0.3 is 8.97 Å². The van der Waals surface area contributed by atoms with Gasteiger partial charge in [0.2, 0.25) is 0 Å². The van der Waals surface area contributed by atoms with Gasteiger partial charge in [-0.25, -0.2) is 9.97 Å². The van der Waals surface area contributed by atoms with Crippen LogP contribution in [-0.2, 0) is 0 Å². The van der Waals surface area contributed by atoms with Gasteiger partial charge in [-0.3, -0.25) is 0 Å². The van der Waals surface area contributed by atoms with Crippen LogP contribution in [0.4, 0.5) is 0 Å². The summed E-state index contributed by atoms with van der Waals surface area (Å²) in [5.74, 6) is 0.699. The molecule has 0 aliphatic carbocycles. The van der Waals surface area contributed by atoms with Crippen molar-refractivity contribution in [3.63, 3.8) is 0 Å². The zero-order valence-electron chi connectivity index (χ0n) is 28.1. The number of nitrogens with zero attached hydrogens (tertiary/aromatic N) is 4. The van der Waals surface area contributed by atoms with Crippen molar-refractivity contribution in [2.75, 3.05) is 0 Å². The second-order valence-electron chi connectivity index (χ2n) is 13.5. The maximum atomic E-state index is 5.07. The van der Waals surface area contributed by atoms with Crippen LogP contribution in [0, 0.1) is 0 Å². The zero-order chi connectivity index (χ0) is 34.2. The maximum absolute atomic E-state index is 5.07. The molecule has 7 aromatic carbocycles. The molecule has 11 aromatic rings. The number of aromatic nitrogens is 4. The van der Waals surface area contributed by atoms with Gasteiger partial charge in [-0.1, -0.05) is 127 Å². The van der Waals surface area contributed by atoms with Gasteiger partial charge in [0.05, 0.1) is 33.3 Å². The standard InChI is InChI=1S/C48H30N4/c1-2-11-31(12-3-1)32-21-23-33(24-22-32)42-25-26-49-48(50-42)35-14-10-15-36(27-35)51-44-20-9-7-18-39(44)41-29-40-37-16-5-6-17-38(37)45-28-34-13-4-8-19-43(34)52(45)47(40)30-46(41)51/h1-30H. The normalized spacial score (nSPS) is 11.8. The molecule has 0 fully saturated rings. The minimum atomic E-state index is 0.699. The van der Waals surface area contributed by atoms with Gasteiger partial charge in [0.25, 0.3) is 0 Å². The van der Waals surface area contributed by atoms with Crippen molar-refractivity contribution in [3.8, 4) is 39.5 Å². The van der Waals surface area contributed by atoms with Crippen LogP contribution < -0.4 is 0 Å². The van der Waals surface area contributed by atoms with Crippen LogP contribution in [0.25, 0.3) is 99.4 Å². The number of hydrogen-bond donors (Lipinski definition) is 0. The fourth-order valence-corrected chi connectivity index (χ4v) is 8.14. The van der Waals surface area contributed by atoms with Gasteiger partial charge in [-0.05, 0) is 65.0 Å². The third kappa shape index (κ3) is 4.34. The molecule has 0 atom stereocenters. The lowest BCUT2D eigenvalue weighted by Gasteiger charge is -2.13. The lowest BCUT2D eigenvalue weighted by atomic mass is 10.0. The highest BCUT2D eigenvalue weighted by Crippen LogP contribution is 2.40. The Morgan fingerprint density at radius 1 is 0.365 bits per heavy atom. The van der Waals surface area contributed by atoms with E-state index in [9.17, 15) is 0 Å². The summed E-state index contributed by atoms with van der Waals surface area (Å²) in [6.07, 6.45) is 1.86. The van der Waals surface area contributed by atoms with Crippen molar-refractivity contribution in [1.29, 1.82) is 0 Å². The molecule has 4 heterocycles. The zero-order valence-corrected chi connectivity index (χ0v) is 28.1. The summed E-state index contributed by atoms with van der Waals surface area (Å²) in [6.45, 7) is 0. The van der Waals surface area contributed by atoms with Crippen molar-refractivity contribution in [2.45, 2.75) is 0 Å². The van der Waals surface area contributed by atoms with Gasteiger partial charge in [0, 0.05) is 49.9 Å². The molecule has 0 spiro atoms. The molecule has 0 amide bonds. The maximum Gasteiger partial charge on any atom is 0.159 e. The summed E-state index contributed by atoms with van der Waals surface area (Å²) in [7, 11) is 0. The Bertz CT molecular complexity index is 3170. The highest BCUT2D eigenvalue weighted by Gasteiger charge is 2.18. The van der Waals surface area contributed by atoms with Gasteiger partial charge >= 0.3 is 0 Å². The summed E-state index contributed by atoms with van der Waals surface area (Å²) >= 11 is 0. The van der Waals surface area contributed by atoms with Crippen molar-refractivity contribution < 1.29 is 0 Å². The first kappa shape index (κ1) is 28.8. The van der Waals surface area contributed by atoms with E-state index in [0.29, 0.717) is 5.82 Å². The molecular weight excluding hydrogens is 633 g/mol. The van der Waals surface area contributed by atoms with E-state index in [1.165, 1.54) is 60.0 Å². The van der Waals surface area contributed by atoms with Crippen LogP contribution in [0.1, 0.15) is 0 Å². The van der Waals surface area contributed by atoms with Crippen LogP contribution in [0.5, 0.6) is 0 Å². The molecular formula is C48H30N4. The Balaban J connectivity index is 1.10. The molecule has 4 nitrogen and oxygen atoms in total. The monoisotopic (exact) mass is 662 g/mol. The van der Waals surface area contributed by atoms with Crippen LogP contribution in [0.2, 0.25) is 0 Å². The molecule has 0 radical (unpaired) electrons. The Morgan fingerprint density at radius 3 is 1.85 bits per heavy atom. The largest absolute Gasteiger partial charge is 0.309 e. The van der Waals surface area contributed by atoms with Gasteiger partial charge in [-0.2, -0.15) is 0 Å². The second kappa shape index (κ2) is 11.2. The summed E-state index contributed by atoms with van der Waals surface area (Å²) in [6, 6.07) is 63.0. The molecule has 0 unspecified atom stereocenters. The number of pyridine rings is 1. The lowest BCUT2D eigenvalue weighted by molar-refractivity contribution is 1.16.